The standard InChI is InChI=1S/C15H17O/c1-11-6-4-9-15(12(11)2)13-7-5-8-14(10-13)16-3/h4,6-10H,5H2,1-3H3. The molecule has 0 saturated heterocycles. The van der Waals surface area contributed by atoms with Crippen molar-refractivity contribution >= 4 is 5.57 Å². The second-order valence-electron chi connectivity index (χ2n) is 4.10. The van der Waals surface area contributed by atoms with Crippen LogP contribution in [0.25, 0.3) is 5.57 Å². The van der Waals surface area contributed by atoms with E-state index >= 15 is 0 Å². The van der Waals surface area contributed by atoms with Crippen LogP contribution in [-0.4, -0.2) is 7.11 Å². The first kappa shape index (κ1) is 11.0. The molecule has 0 saturated carbocycles. The second kappa shape index (κ2) is 4.56. The summed E-state index contributed by atoms with van der Waals surface area (Å²) in [4.78, 5) is 0. The van der Waals surface area contributed by atoms with E-state index in [1.165, 1.54) is 22.3 Å². The summed E-state index contributed by atoms with van der Waals surface area (Å²) in [7, 11) is 1.72. The van der Waals surface area contributed by atoms with Gasteiger partial charge < -0.3 is 4.74 Å². The van der Waals surface area contributed by atoms with Gasteiger partial charge in [-0.05, 0) is 61.1 Å². The van der Waals surface area contributed by atoms with E-state index in [4.69, 9.17) is 4.74 Å². The number of benzene rings is 1. The lowest BCUT2D eigenvalue weighted by atomic mass is 9.91. The van der Waals surface area contributed by atoms with Crippen molar-refractivity contribution < 1.29 is 4.74 Å². The minimum atomic E-state index is 0.947. The fourth-order valence-corrected chi connectivity index (χ4v) is 1.97. The van der Waals surface area contributed by atoms with E-state index < -0.39 is 0 Å². The Morgan fingerprint density at radius 3 is 2.75 bits per heavy atom. The fourth-order valence-electron chi connectivity index (χ4n) is 1.97. The molecule has 0 atom stereocenters. The third-order valence-corrected chi connectivity index (χ3v) is 3.11. The molecule has 0 heterocycles. The van der Waals surface area contributed by atoms with Crippen LogP contribution in [0.3, 0.4) is 0 Å². The van der Waals surface area contributed by atoms with Gasteiger partial charge in [0.05, 0.1) is 7.11 Å². The van der Waals surface area contributed by atoms with Crippen molar-refractivity contribution in [3.05, 3.63) is 59.2 Å². The van der Waals surface area contributed by atoms with Crippen LogP contribution in [0.4, 0.5) is 0 Å². The molecule has 0 unspecified atom stereocenters. The minimum absolute atomic E-state index is 0.947. The Balaban J connectivity index is 2.41. The lowest BCUT2D eigenvalue weighted by Crippen LogP contribution is -1.98. The monoisotopic (exact) mass is 213 g/mol. The number of hydrogen-bond acceptors (Lipinski definition) is 1. The fraction of sp³-hybridized carbons (Fsp3) is 0.267. The third-order valence-electron chi connectivity index (χ3n) is 3.11. The van der Waals surface area contributed by atoms with E-state index in [0.717, 1.165) is 12.2 Å². The second-order valence-corrected chi connectivity index (χ2v) is 4.10. The molecule has 0 spiro atoms. The molecule has 1 nitrogen and oxygen atoms in total. The van der Waals surface area contributed by atoms with Gasteiger partial charge in [-0.2, -0.15) is 0 Å². The molecule has 1 radical (unpaired) electrons. The Hall–Kier alpha value is -1.50. The summed E-state index contributed by atoms with van der Waals surface area (Å²) in [6.45, 7) is 4.32. The molecule has 0 amide bonds. The minimum Gasteiger partial charge on any atom is -0.497 e. The molecule has 1 aliphatic rings. The van der Waals surface area contributed by atoms with Crippen molar-refractivity contribution in [1.82, 2.24) is 0 Å². The van der Waals surface area contributed by atoms with Gasteiger partial charge in [0.25, 0.3) is 0 Å². The zero-order chi connectivity index (χ0) is 11.5. The zero-order valence-corrected chi connectivity index (χ0v) is 10.1. The van der Waals surface area contributed by atoms with Crippen LogP contribution in [0.2, 0.25) is 0 Å². The Bertz CT molecular complexity index is 453. The van der Waals surface area contributed by atoms with E-state index in [0.29, 0.717) is 0 Å². The van der Waals surface area contributed by atoms with Crippen LogP contribution >= 0.6 is 0 Å². The van der Waals surface area contributed by atoms with Crippen molar-refractivity contribution in [2.75, 3.05) is 7.11 Å². The zero-order valence-electron chi connectivity index (χ0n) is 10.1. The molecule has 0 bridgehead atoms. The van der Waals surface area contributed by atoms with Crippen LogP contribution in [0.15, 0.2) is 36.1 Å². The van der Waals surface area contributed by atoms with Gasteiger partial charge in [-0.15, -0.1) is 0 Å². The smallest absolute Gasteiger partial charge is 0.115 e. The first-order valence-electron chi connectivity index (χ1n) is 5.58. The van der Waals surface area contributed by atoms with Gasteiger partial charge in [0.2, 0.25) is 0 Å². The van der Waals surface area contributed by atoms with Gasteiger partial charge in [-0.25, -0.2) is 0 Å². The highest BCUT2D eigenvalue weighted by Gasteiger charge is 2.10. The Morgan fingerprint density at radius 2 is 2.00 bits per heavy atom. The summed E-state index contributed by atoms with van der Waals surface area (Å²) in [5, 5.41) is 0. The van der Waals surface area contributed by atoms with E-state index in [9.17, 15) is 0 Å². The molecule has 1 aromatic carbocycles. The van der Waals surface area contributed by atoms with Crippen molar-refractivity contribution in [2.45, 2.75) is 20.3 Å². The largest absolute Gasteiger partial charge is 0.497 e. The number of ether oxygens (including phenoxy) is 1. The van der Waals surface area contributed by atoms with Gasteiger partial charge in [0.15, 0.2) is 0 Å². The number of allylic oxidation sites excluding steroid dienone is 3. The predicted molar refractivity (Wildman–Crippen MR) is 67.9 cm³/mol. The van der Waals surface area contributed by atoms with Crippen molar-refractivity contribution in [3.8, 4) is 0 Å². The highest BCUT2D eigenvalue weighted by molar-refractivity contribution is 5.77. The Labute approximate surface area is 97.4 Å². The average Bonchev–Trinajstić information content (AvgIpc) is 2.33. The Morgan fingerprint density at radius 1 is 1.19 bits per heavy atom. The maximum absolute atomic E-state index is 5.28. The predicted octanol–water partition coefficient (Wildman–Crippen LogP) is 3.83. The van der Waals surface area contributed by atoms with Crippen LogP contribution in [0.5, 0.6) is 0 Å². The van der Waals surface area contributed by atoms with Gasteiger partial charge in [0, 0.05) is 0 Å². The van der Waals surface area contributed by atoms with Gasteiger partial charge >= 0.3 is 0 Å². The number of methoxy groups -OCH3 is 1. The Kier molecular flexibility index (Phi) is 3.14. The SMILES string of the molecule is COC1=CC[CH]C(c2cccc(C)c2C)=C1. The summed E-state index contributed by atoms with van der Waals surface area (Å²) < 4.78 is 5.28. The number of hydrogen-bond donors (Lipinski definition) is 0. The highest BCUT2D eigenvalue weighted by atomic mass is 16.5. The van der Waals surface area contributed by atoms with Gasteiger partial charge in [0.1, 0.15) is 5.76 Å². The molecule has 0 N–H and O–H groups in total. The normalized spacial score (nSPS) is 15.4. The van der Waals surface area contributed by atoms with Gasteiger partial charge in [-0.3, -0.25) is 0 Å². The summed E-state index contributed by atoms with van der Waals surface area (Å²) in [5.74, 6) is 0.957. The molecule has 2 rings (SSSR count). The maximum Gasteiger partial charge on any atom is 0.115 e. The molecule has 0 aliphatic heterocycles. The first-order chi connectivity index (χ1) is 7.72. The van der Waals surface area contributed by atoms with Crippen molar-refractivity contribution in [2.24, 2.45) is 0 Å². The maximum atomic E-state index is 5.28. The van der Waals surface area contributed by atoms with Crippen molar-refractivity contribution in [1.29, 1.82) is 0 Å². The van der Waals surface area contributed by atoms with Crippen LogP contribution in [0, 0.1) is 20.3 Å². The van der Waals surface area contributed by atoms with E-state index in [2.05, 4.69) is 50.6 Å². The molecule has 1 heteroatoms. The van der Waals surface area contributed by atoms with E-state index in [-0.39, 0.29) is 0 Å². The highest BCUT2D eigenvalue weighted by Crippen LogP contribution is 2.29. The summed E-state index contributed by atoms with van der Waals surface area (Å²) >= 11 is 0. The number of rotatable bonds is 2. The van der Waals surface area contributed by atoms with Crippen molar-refractivity contribution in [3.63, 3.8) is 0 Å². The van der Waals surface area contributed by atoms with E-state index in [1.807, 2.05) is 0 Å². The molecule has 1 aromatic rings. The summed E-state index contributed by atoms with van der Waals surface area (Å²) in [5.41, 5.74) is 5.26. The van der Waals surface area contributed by atoms with Crippen LogP contribution < -0.4 is 0 Å². The molecule has 0 aromatic heterocycles. The quantitative estimate of drug-likeness (QED) is 0.725. The topological polar surface area (TPSA) is 9.23 Å². The lowest BCUT2D eigenvalue weighted by Gasteiger charge is -2.16. The molecular formula is C15H17O. The van der Waals surface area contributed by atoms with Crippen LogP contribution in [-0.2, 0) is 4.74 Å². The van der Waals surface area contributed by atoms with Crippen LogP contribution in [0.1, 0.15) is 23.1 Å². The first-order valence-corrected chi connectivity index (χ1v) is 5.58. The summed E-state index contributed by atoms with van der Waals surface area (Å²) in [6.07, 6.45) is 7.38. The molecular weight excluding hydrogens is 196 g/mol. The lowest BCUT2D eigenvalue weighted by molar-refractivity contribution is 0.305. The molecule has 1 aliphatic carbocycles. The third kappa shape index (κ3) is 2.04. The van der Waals surface area contributed by atoms with E-state index in [1.54, 1.807) is 7.11 Å². The molecule has 16 heavy (non-hydrogen) atoms. The average molecular weight is 213 g/mol. The van der Waals surface area contributed by atoms with Gasteiger partial charge in [-0.1, -0.05) is 18.2 Å². The molecule has 0 fully saturated rings. The summed E-state index contributed by atoms with van der Waals surface area (Å²) in [6, 6.07) is 6.43. The molecule has 83 valence electrons. The number of aryl methyl sites for hydroxylation is 1.